The van der Waals surface area contributed by atoms with E-state index in [0.717, 1.165) is 28.0 Å². The van der Waals surface area contributed by atoms with Crippen LogP contribution in [-0.2, 0) is 32.2 Å². The van der Waals surface area contributed by atoms with E-state index in [1.54, 1.807) is 6.20 Å². The molecule has 0 bridgehead atoms. The van der Waals surface area contributed by atoms with Crippen molar-refractivity contribution in [2.45, 2.75) is 25.2 Å². The molecule has 0 spiro atoms. The van der Waals surface area contributed by atoms with Crippen LogP contribution in [0.3, 0.4) is 0 Å². The van der Waals surface area contributed by atoms with Gasteiger partial charge in [-0.05, 0) is 65.2 Å². The molecule has 0 amide bonds. The molecule has 4 aromatic carbocycles. The van der Waals surface area contributed by atoms with E-state index in [-0.39, 0.29) is 19.9 Å². The molecular formula is C39H35N3O10. The number of cyclic esters (lactones) is 1. The first-order valence-electron chi connectivity index (χ1n) is 16.7. The third-order valence-electron chi connectivity index (χ3n) is 9.65. The van der Waals surface area contributed by atoms with E-state index in [0.29, 0.717) is 46.6 Å². The molecule has 0 radical (unpaired) electrons. The summed E-state index contributed by atoms with van der Waals surface area (Å²) in [5.41, 5.74) is 4.62. The Balaban J connectivity index is 1.05. The average molecular weight is 706 g/mol. The van der Waals surface area contributed by atoms with Gasteiger partial charge in [-0.15, -0.1) is 5.10 Å². The molecule has 5 aromatic rings. The van der Waals surface area contributed by atoms with Gasteiger partial charge in [-0.3, -0.25) is 9.59 Å². The van der Waals surface area contributed by atoms with Crippen molar-refractivity contribution in [2.24, 2.45) is 11.8 Å². The zero-order valence-corrected chi connectivity index (χ0v) is 28.6. The lowest BCUT2D eigenvalue weighted by Crippen LogP contribution is -2.37. The van der Waals surface area contributed by atoms with Crippen LogP contribution >= 0.6 is 0 Å². The first kappa shape index (κ1) is 32.9. The number of esters is 2. The summed E-state index contributed by atoms with van der Waals surface area (Å²) >= 11 is 0. The Bertz CT molecular complexity index is 2090. The number of carbonyl (C=O) groups is 2. The SMILES string of the molecule is COc1cc([C@@H]2c3cc4c(cc3[C@H](OC(=O)Cn3cc(-c5ccc(OCc6ccccc6)cc5)nn3)[C@H]3COC(=O)[C@H]23)OCO4)cc(OC)c1OC. The van der Waals surface area contributed by atoms with Crippen molar-refractivity contribution in [2.75, 3.05) is 34.7 Å². The summed E-state index contributed by atoms with van der Waals surface area (Å²) in [6.07, 6.45) is 0.859. The molecule has 266 valence electrons. The van der Waals surface area contributed by atoms with Gasteiger partial charge in [0.15, 0.2) is 23.0 Å². The van der Waals surface area contributed by atoms with Crippen LogP contribution in [0, 0.1) is 11.8 Å². The van der Waals surface area contributed by atoms with E-state index >= 15 is 0 Å². The van der Waals surface area contributed by atoms with Gasteiger partial charge in [-0.25, -0.2) is 4.68 Å². The second-order valence-corrected chi connectivity index (χ2v) is 12.6. The van der Waals surface area contributed by atoms with E-state index in [1.807, 2.05) is 78.9 Å². The lowest BCUT2D eigenvalue weighted by Gasteiger charge is -2.38. The number of carbonyl (C=O) groups excluding carboxylic acids is 2. The molecule has 3 heterocycles. The Labute approximate surface area is 298 Å². The maximum Gasteiger partial charge on any atom is 0.328 e. The van der Waals surface area contributed by atoms with Gasteiger partial charge in [0.1, 0.15) is 30.7 Å². The quantitative estimate of drug-likeness (QED) is 0.161. The van der Waals surface area contributed by atoms with Gasteiger partial charge in [0.05, 0.1) is 40.1 Å². The number of rotatable bonds is 11. The number of nitrogens with zero attached hydrogens (tertiary/aromatic N) is 3. The van der Waals surface area contributed by atoms with Crippen molar-refractivity contribution in [3.8, 4) is 45.8 Å². The molecule has 2 aliphatic heterocycles. The van der Waals surface area contributed by atoms with Crippen LogP contribution in [0.15, 0.2) is 85.1 Å². The summed E-state index contributed by atoms with van der Waals surface area (Å²) in [4.78, 5) is 27.1. The maximum absolute atomic E-state index is 13.6. The highest BCUT2D eigenvalue weighted by molar-refractivity contribution is 5.79. The third-order valence-corrected chi connectivity index (χ3v) is 9.65. The van der Waals surface area contributed by atoms with Crippen LogP contribution in [0.5, 0.6) is 34.5 Å². The molecule has 13 heteroatoms. The molecule has 1 fully saturated rings. The zero-order chi connectivity index (χ0) is 35.8. The van der Waals surface area contributed by atoms with Crippen LogP contribution in [0.2, 0.25) is 0 Å². The van der Waals surface area contributed by atoms with E-state index in [9.17, 15) is 9.59 Å². The molecule has 0 unspecified atom stereocenters. The first-order chi connectivity index (χ1) is 25.4. The number of ether oxygens (including phenoxy) is 8. The zero-order valence-electron chi connectivity index (χ0n) is 28.6. The molecular weight excluding hydrogens is 670 g/mol. The summed E-state index contributed by atoms with van der Waals surface area (Å²) in [7, 11) is 4.60. The highest BCUT2D eigenvalue weighted by Crippen LogP contribution is 2.56. The predicted molar refractivity (Wildman–Crippen MR) is 184 cm³/mol. The maximum atomic E-state index is 13.6. The third kappa shape index (κ3) is 6.08. The number of fused-ring (bicyclic) bond motifs is 3. The monoisotopic (exact) mass is 705 g/mol. The van der Waals surface area contributed by atoms with Crippen molar-refractivity contribution >= 4 is 11.9 Å². The Morgan fingerprint density at radius 3 is 2.27 bits per heavy atom. The van der Waals surface area contributed by atoms with Crippen LogP contribution in [-0.4, -0.2) is 61.7 Å². The largest absolute Gasteiger partial charge is 0.493 e. The summed E-state index contributed by atoms with van der Waals surface area (Å²) in [5, 5.41) is 8.45. The van der Waals surface area contributed by atoms with Crippen LogP contribution in [0.4, 0.5) is 0 Å². The van der Waals surface area contributed by atoms with E-state index in [2.05, 4.69) is 10.3 Å². The van der Waals surface area contributed by atoms with E-state index < -0.39 is 35.8 Å². The van der Waals surface area contributed by atoms with Crippen molar-refractivity contribution in [1.82, 2.24) is 15.0 Å². The topological polar surface area (TPSA) is 139 Å². The first-order valence-corrected chi connectivity index (χ1v) is 16.7. The van der Waals surface area contributed by atoms with Crippen LogP contribution in [0.1, 0.15) is 34.3 Å². The molecule has 1 aliphatic carbocycles. The summed E-state index contributed by atoms with van der Waals surface area (Å²) in [6.45, 7) is 0.365. The van der Waals surface area contributed by atoms with Gasteiger partial charge in [0.2, 0.25) is 12.5 Å². The molecule has 8 rings (SSSR count). The normalized spacial score (nSPS) is 19.6. The van der Waals surface area contributed by atoms with E-state index in [4.69, 9.17) is 37.9 Å². The van der Waals surface area contributed by atoms with Gasteiger partial charge in [-0.2, -0.15) is 0 Å². The molecule has 1 aromatic heterocycles. The molecule has 52 heavy (non-hydrogen) atoms. The number of hydrogen-bond donors (Lipinski definition) is 0. The minimum Gasteiger partial charge on any atom is -0.493 e. The lowest BCUT2D eigenvalue weighted by molar-refractivity contribution is -0.155. The lowest BCUT2D eigenvalue weighted by atomic mass is 9.66. The summed E-state index contributed by atoms with van der Waals surface area (Å²) in [6, 6.07) is 24.7. The summed E-state index contributed by atoms with van der Waals surface area (Å²) in [5.74, 6) is 0.416. The Kier molecular flexibility index (Phi) is 8.75. The fourth-order valence-corrected chi connectivity index (χ4v) is 7.23. The highest BCUT2D eigenvalue weighted by Gasteiger charge is 2.54. The van der Waals surface area contributed by atoms with Crippen LogP contribution in [0.25, 0.3) is 11.3 Å². The van der Waals surface area contributed by atoms with Crippen molar-refractivity contribution in [1.29, 1.82) is 0 Å². The van der Waals surface area contributed by atoms with Crippen molar-refractivity contribution in [3.63, 3.8) is 0 Å². The minimum absolute atomic E-state index is 0.0461. The van der Waals surface area contributed by atoms with Gasteiger partial charge in [0.25, 0.3) is 0 Å². The number of hydrogen-bond acceptors (Lipinski definition) is 12. The molecule has 1 saturated heterocycles. The number of aromatic nitrogens is 3. The Morgan fingerprint density at radius 2 is 1.58 bits per heavy atom. The second kappa shape index (κ2) is 13.8. The number of methoxy groups -OCH3 is 3. The van der Waals surface area contributed by atoms with Gasteiger partial charge in [0, 0.05) is 23.0 Å². The number of benzene rings is 4. The van der Waals surface area contributed by atoms with Crippen molar-refractivity contribution in [3.05, 3.63) is 107 Å². The Morgan fingerprint density at radius 1 is 0.865 bits per heavy atom. The van der Waals surface area contributed by atoms with Crippen molar-refractivity contribution < 1.29 is 47.5 Å². The predicted octanol–water partition coefficient (Wildman–Crippen LogP) is 5.50. The molecule has 3 aliphatic rings. The molecule has 0 N–H and O–H groups in total. The molecule has 4 atom stereocenters. The standard InChI is InChI=1S/C39H35N3O10/c1-45-32-13-24(14-33(46-2)38(32)47-3)35-26-15-30-31(51-21-50-30)16-27(26)37(28-20-49-39(44)36(28)35)52-34(43)18-42-17-29(40-41-42)23-9-11-25(12-10-23)48-19-22-7-5-4-6-8-22/h4-17,28,35-37H,18-21H2,1-3H3/t28-,35+,36-,37-/m0/s1. The fourth-order valence-electron chi connectivity index (χ4n) is 7.23. The van der Waals surface area contributed by atoms with Gasteiger partial charge in [-0.1, -0.05) is 35.5 Å². The second-order valence-electron chi connectivity index (χ2n) is 12.6. The van der Waals surface area contributed by atoms with Gasteiger partial charge >= 0.3 is 11.9 Å². The molecule has 0 saturated carbocycles. The Hall–Kier alpha value is -6.24. The van der Waals surface area contributed by atoms with E-state index in [1.165, 1.54) is 26.0 Å². The summed E-state index contributed by atoms with van der Waals surface area (Å²) < 4.78 is 47.5. The molecule has 13 nitrogen and oxygen atoms in total. The van der Waals surface area contributed by atoms with Gasteiger partial charge < -0.3 is 37.9 Å². The highest BCUT2D eigenvalue weighted by atomic mass is 16.7. The fraction of sp³-hybridized carbons (Fsp3) is 0.282. The average Bonchev–Trinajstić information content (AvgIpc) is 3.93. The minimum atomic E-state index is -0.821. The smallest absolute Gasteiger partial charge is 0.328 e. The van der Waals surface area contributed by atoms with Crippen LogP contribution < -0.4 is 28.4 Å².